The lowest BCUT2D eigenvalue weighted by molar-refractivity contribution is 0.103. The molecule has 0 radical (unpaired) electrons. The van der Waals surface area contributed by atoms with Crippen molar-refractivity contribution in [3.05, 3.63) is 76.4 Å². The zero-order valence-corrected chi connectivity index (χ0v) is 19.4. The van der Waals surface area contributed by atoms with Gasteiger partial charge < -0.3 is 15.3 Å². The van der Waals surface area contributed by atoms with E-state index in [-0.39, 0.29) is 34.5 Å². The number of fused-ring (bicyclic) bond motifs is 2. The first-order valence-electron chi connectivity index (χ1n) is 10.7. The van der Waals surface area contributed by atoms with Gasteiger partial charge >= 0.3 is 0 Å². The van der Waals surface area contributed by atoms with Crippen molar-refractivity contribution in [2.75, 3.05) is 5.75 Å². The number of carbonyl (C=O) groups is 1. The van der Waals surface area contributed by atoms with Crippen LogP contribution in [0.15, 0.2) is 53.5 Å². The monoisotopic (exact) mass is 452 g/mol. The second-order valence-electron chi connectivity index (χ2n) is 9.29. The smallest absolute Gasteiger partial charge is 0.189 e. The predicted molar refractivity (Wildman–Crippen MR) is 125 cm³/mol. The zero-order chi connectivity index (χ0) is 23.4. The standard InChI is InChI=1S/C26H28O5S/c1-14-5-8-16(9-6-14)32(31)13-19(28)17-10-7-15(2)20-21(17)24(29)22-18(27)11-12-26(3,4)23(22)25(20)30/h5-12,15,17,19,28-30H,13H2,1-4H3/t15-,17-,19+,32?/m0/s1. The van der Waals surface area contributed by atoms with E-state index in [1.54, 1.807) is 24.3 Å². The summed E-state index contributed by atoms with van der Waals surface area (Å²) >= 11 is 0. The maximum absolute atomic E-state index is 12.9. The molecule has 32 heavy (non-hydrogen) atoms. The van der Waals surface area contributed by atoms with Crippen molar-refractivity contribution in [2.24, 2.45) is 0 Å². The lowest BCUT2D eigenvalue weighted by Gasteiger charge is -2.35. The molecule has 0 heterocycles. The number of rotatable bonds is 4. The number of phenols is 2. The van der Waals surface area contributed by atoms with E-state index >= 15 is 0 Å². The van der Waals surface area contributed by atoms with Gasteiger partial charge in [0.05, 0.1) is 28.2 Å². The zero-order valence-electron chi connectivity index (χ0n) is 18.6. The molecule has 2 aliphatic rings. The van der Waals surface area contributed by atoms with E-state index in [1.165, 1.54) is 6.08 Å². The van der Waals surface area contributed by atoms with Gasteiger partial charge in [-0.25, -0.2) is 0 Å². The molecule has 168 valence electrons. The Balaban J connectivity index is 1.79. The minimum Gasteiger partial charge on any atom is -0.507 e. The van der Waals surface area contributed by atoms with Gasteiger partial charge in [0.2, 0.25) is 0 Å². The molecule has 0 saturated carbocycles. The molecule has 0 fully saturated rings. The average molecular weight is 453 g/mol. The van der Waals surface area contributed by atoms with Crippen LogP contribution in [0.2, 0.25) is 0 Å². The van der Waals surface area contributed by atoms with Crippen LogP contribution in [0, 0.1) is 6.92 Å². The quantitative estimate of drug-likeness (QED) is 0.473. The first-order chi connectivity index (χ1) is 15.0. The first-order valence-corrected chi connectivity index (χ1v) is 12.0. The van der Waals surface area contributed by atoms with Gasteiger partial charge in [-0.05, 0) is 25.1 Å². The number of benzene rings is 2. The van der Waals surface area contributed by atoms with Crippen LogP contribution in [0.25, 0.3) is 0 Å². The molecule has 1 unspecified atom stereocenters. The number of aromatic hydroxyl groups is 2. The lowest BCUT2D eigenvalue weighted by atomic mass is 9.70. The first kappa shape index (κ1) is 22.5. The van der Waals surface area contributed by atoms with E-state index in [1.807, 2.05) is 45.9 Å². The number of ketones is 1. The van der Waals surface area contributed by atoms with Gasteiger partial charge in [-0.1, -0.05) is 56.7 Å². The Hall–Kier alpha value is -2.70. The molecular formula is C26H28O5S. The largest absolute Gasteiger partial charge is 0.507 e. The highest BCUT2D eigenvalue weighted by Gasteiger charge is 2.41. The number of allylic oxidation sites excluding steroid dienone is 3. The summed E-state index contributed by atoms with van der Waals surface area (Å²) in [5.41, 5.74) is 1.74. The fourth-order valence-corrected chi connectivity index (χ4v) is 5.87. The van der Waals surface area contributed by atoms with Gasteiger partial charge in [-0.2, -0.15) is 0 Å². The Kier molecular flexibility index (Phi) is 5.63. The van der Waals surface area contributed by atoms with Gasteiger partial charge in [0.25, 0.3) is 0 Å². The van der Waals surface area contributed by atoms with Crippen LogP contribution in [0.3, 0.4) is 0 Å². The molecule has 4 atom stereocenters. The van der Waals surface area contributed by atoms with Gasteiger partial charge in [0.15, 0.2) is 5.78 Å². The molecule has 3 N–H and O–H groups in total. The highest BCUT2D eigenvalue weighted by Crippen LogP contribution is 2.53. The number of hydrogen-bond acceptors (Lipinski definition) is 5. The highest BCUT2D eigenvalue weighted by atomic mass is 32.2. The molecule has 0 saturated heterocycles. The SMILES string of the molecule is Cc1ccc(S(=O)C[C@@H](O)[C@@H]2C=C[C@H](C)c3c(O)c4c(c(O)c32)C(=O)C=CC4(C)C)cc1. The third-order valence-corrected chi connectivity index (χ3v) is 7.92. The van der Waals surface area contributed by atoms with Crippen LogP contribution < -0.4 is 0 Å². The van der Waals surface area contributed by atoms with E-state index in [0.717, 1.165) is 5.56 Å². The van der Waals surface area contributed by atoms with Crippen LogP contribution in [0.1, 0.15) is 65.2 Å². The molecule has 5 nitrogen and oxygen atoms in total. The Labute approximate surface area is 190 Å². The summed E-state index contributed by atoms with van der Waals surface area (Å²) in [5, 5.41) is 33.5. The third-order valence-electron chi connectivity index (χ3n) is 6.48. The number of aryl methyl sites for hydroxylation is 1. The number of aliphatic hydroxyl groups is 1. The number of aliphatic hydroxyl groups excluding tert-OH is 1. The van der Waals surface area contributed by atoms with E-state index in [0.29, 0.717) is 21.6 Å². The Morgan fingerprint density at radius 3 is 2.38 bits per heavy atom. The number of hydrogen-bond donors (Lipinski definition) is 3. The molecule has 0 spiro atoms. The van der Waals surface area contributed by atoms with Crippen LogP contribution in [0.5, 0.6) is 11.5 Å². The third kappa shape index (κ3) is 3.61. The second kappa shape index (κ2) is 8.01. The van der Waals surface area contributed by atoms with Crippen molar-refractivity contribution in [1.82, 2.24) is 0 Å². The van der Waals surface area contributed by atoms with Gasteiger partial charge in [-0.3, -0.25) is 9.00 Å². The molecule has 2 aromatic rings. The molecule has 0 aliphatic heterocycles. The number of carbonyl (C=O) groups excluding carboxylic acids is 1. The summed E-state index contributed by atoms with van der Waals surface area (Å²) in [7, 11) is -1.45. The topological polar surface area (TPSA) is 94.8 Å². The highest BCUT2D eigenvalue weighted by molar-refractivity contribution is 7.85. The summed E-state index contributed by atoms with van der Waals surface area (Å²) < 4.78 is 12.9. The van der Waals surface area contributed by atoms with Crippen molar-refractivity contribution >= 4 is 16.6 Å². The minimum absolute atomic E-state index is 0.0239. The van der Waals surface area contributed by atoms with Gasteiger partial charge in [0.1, 0.15) is 11.5 Å². The van der Waals surface area contributed by atoms with Crippen molar-refractivity contribution in [3.8, 4) is 11.5 Å². The molecule has 6 heteroatoms. The Morgan fingerprint density at radius 1 is 1.06 bits per heavy atom. The molecule has 2 aromatic carbocycles. The maximum atomic E-state index is 12.9. The lowest BCUT2D eigenvalue weighted by Crippen LogP contribution is -2.29. The molecule has 0 bridgehead atoms. The molecule has 0 amide bonds. The van der Waals surface area contributed by atoms with E-state index in [2.05, 4.69) is 0 Å². The van der Waals surface area contributed by atoms with Crippen LogP contribution in [-0.4, -0.2) is 37.2 Å². The summed E-state index contributed by atoms with van der Waals surface area (Å²) in [6.07, 6.45) is 5.69. The Morgan fingerprint density at radius 2 is 1.72 bits per heavy atom. The Bertz CT molecular complexity index is 1170. The van der Waals surface area contributed by atoms with Crippen molar-refractivity contribution in [3.63, 3.8) is 0 Å². The summed E-state index contributed by atoms with van der Waals surface area (Å²) in [6.45, 7) is 7.59. The van der Waals surface area contributed by atoms with Gasteiger partial charge in [-0.15, -0.1) is 0 Å². The minimum atomic E-state index is -1.45. The molecule has 2 aliphatic carbocycles. The van der Waals surface area contributed by atoms with Crippen LogP contribution >= 0.6 is 0 Å². The van der Waals surface area contributed by atoms with E-state index < -0.39 is 28.2 Å². The summed E-state index contributed by atoms with van der Waals surface area (Å²) in [4.78, 5) is 13.3. The summed E-state index contributed by atoms with van der Waals surface area (Å²) in [5.74, 6) is -1.57. The number of phenolic OH excluding ortho intramolecular Hbond substituents is 2. The van der Waals surface area contributed by atoms with Crippen molar-refractivity contribution in [1.29, 1.82) is 0 Å². The fourth-order valence-electron chi connectivity index (χ4n) is 4.72. The van der Waals surface area contributed by atoms with Crippen LogP contribution in [0.4, 0.5) is 0 Å². The fraction of sp³-hybridized carbons (Fsp3) is 0.346. The maximum Gasteiger partial charge on any atom is 0.189 e. The molecular weight excluding hydrogens is 424 g/mol. The van der Waals surface area contributed by atoms with E-state index in [4.69, 9.17) is 0 Å². The molecule has 0 aromatic heterocycles. The normalized spacial score (nSPS) is 22.8. The van der Waals surface area contributed by atoms with Gasteiger partial charge in [0, 0.05) is 38.8 Å². The van der Waals surface area contributed by atoms with E-state index in [9.17, 15) is 24.3 Å². The predicted octanol–water partition coefficient (Wildman–Crippen LogP) is 4.36. The summed E-state index contributed by atoms with van der Waals surface area (Å²) in [6, 6.07) is 7.29. The van der Waals surface area contributed by atoms with Crippen molar-refractivity contribution in [2.45, 2.75) is 55.9 Å². The van der Waals surface area contributed by atoms with Crippen molar-refractivity contribution < 1.29 is 24.3 Å². The average Bonchev–Trinajstić information content (AvgIpc) is 2.73. The second-order valence-corrected chi connectivity index (χ2v) is 10.8. The molecule has 4 rings (SSSR count). The van der Waals surface area contributed by atoms with Crippen LogP contribution in [-0.2, 0) is 16.2 Å².